The maximum atomic E-state index is 13.2. The van der Waals surface area contributed by atoms with E-state index in [9.17, 15) is 18.0 Å². The van der Waals surface area contributed by atoms with E-state index in [-0.39, 0.29) is 18.9 Å². The molecule has 0 atom stereocenters. The molecule has 43 heavy (non-hydrogen) atoms. The fourth-order valence-corrected chi connectivity index (χ4v) is 6.40. The van der Waals surface area contributed by atoms with Gasteiger partial charge < -0.3 is 24.4 Å². The Bertz CT molecular complexity index is 1230. The summed E-state index contributed by atoms with van der Waals surface area (Å²) in [4.78, 5) is 35.9. The zero-order chi connectivity index (χ0) is 30.9. The smallest absolute Gasteiger partial charge is 0.253 e. The topological polar surface area (TPSA) is 137 Å². The van der Waals surface area contributed by atoms with Crippen LogP contribution in [-0.4, -0.2) is 90.5 Å². The van der Waals surface area contributed by atoms with Gasteiger partial charge in [0.05, 0.1) is 63.8 Å². The number of hydrogen-bond acceptors (Lipinski definition) is 11. The molecule has 1 N–H and O–H groups in total. The molecule has 1 aromatic heterocycles. The average molecular weight is 625 g/mol. The van der Waals surface area contributed by atoms with Gasteiger partial charge in [0.15, 0.2) is 0 Å². The van der Waals surface area contributed by atoms with Crippen molar-refractivity contribution in [3.8, 4) is 0 Å². The third-order valence-electron chi connectivity index (χ3n) is 7.60. The van der Waals surface area contributed by atoms with Crippen LogP contribution in [0.25, 0.3) is 0 Å². The van der Waals surface area contributed by atoms with E-state index in [1.54, 1.807) is 37.5 Å². The lowest BCUT2D eigenvalue weighted by atomic mass is 9.90. The first kappa shape index (κ1) is 35.1. The zero-order valence-electron chi connectivity index (χ0n) is 25.6. The molecule has 1 aliphatic carbocycles. The Balaban J connectivity index is 1.39. The molecule has 3 rings (SSSR count). The van der Waals surface area contributed by atoms with Gasteiger partial charge in [-0.1, -0.05) is 36.6 Å². The number of hydroxylamine groups is 1. The molecule has 13 heteroatoms. The summed E-state index contributed by atoms with van der Waals surface area (Å²) in [6.07, 6.45) is 11.7. The van der Waals surface area contributed by atoms with Crippen LogP contribution in [0.4, 0.5) is 17.1 Å². The van der Waals surface area contributed by atoms with Crippen molar-refractivity contribution in [3.05, 3.63) is 45.0 Å². The first-order valence-corrected chi connectivity index (χ1v) is 16.9. The molecule has 0 bridgehead atoms. The first-order valence-electron chi connectivity index (χ1n) is 15.3. The molecule has 0 saturated heterocycles. The average Bonchev–Trinajstić information content (AvgIpc) is 3.02. The number of anilines is 3. The molecule has 1 heterocycles. The third kappa shape index (κ3) is 11.5. The standard InChI is InChI=1S/C30H48N4O8S/c1-33(26-13-10-14-31-23-26)28-27(29(35)30(28)36)32-15-8-3-4-9-22-43(37,38)34(42-24-25-11-6-5-7-12-25)16-17-40-20-21-41-19-18-39-2/h10,13-14,23,25,32H,3-9,11-12,15-22,24H2,1-2H3. The Morgan fingerprint density at radius 3 is 2.40 bits per heavy atom. The number of unbranched alkanes of at least 4 members (excludes halogenated alkanes) is 3. The summed E-state index contributed by atoms with van der Waals surface area (Å²) >= 11 is 0. The van der Waals surface area contributed by atoms with Gasteiger partial charge in [-0.3, -0.25) is 19.4 Å². The number of nitrogens with zero attached hydrogens (tertiary/aromatic N) is 3. The van der Waals surface area contributed by atoms with Gasteiger partial charge in [0.25, 0.3) is 10.9 Å². The van der Waals surface area contributed by atoms with E-state index < -0.39 is 20.9 Å². The predicted octanol–water partition coefficient (Wildman–Crippen LogP) is 3.24. The first-order chi connectivity index (χ1) is 20.8. The molecule has 0 amide bonds. The quantitative estimate of drug-likeness (QED) is 0.111. The molecule has 1 saturated carbocycles. The summed E-state index contributed by atoms with van der Waals surface area (Å²) in [5.74, 6) is 0.371. The minimum absolute atomic E-state index is 0.0105. The van der Waals surface area contributed by atoms with Crippen molar-refractivity contribution in [2.75, 3.05) is 82.9 Å². The van der Waals surface area contributed by atoms with Gasteiger partial charge in [-0.15, -0.1) is 0 Å². The van der Waals surface area contributed by atoms with E-state index in [0.717, 1.165) is 43.0 Å². The Morgan fingerprint density at radius 1 is 0.953 bits per heavy atom. The van der Waals surface area contributed by atoms with Crippen molar-refractivity contribution in [2.45, 2.75) is 57.8 Å². The van der Waals surface area contributed by atoms with Crippen molar-refractivity contribution in [3.63, 3.8) is 0 Å². The Labute approximate surface area is 255 Å². The minimum Gasteiger partial charge on any atom is -0.382 e. The van der Waals surface area contributed by atoms with Crippen molar-refractivity contribution >= 4 is 27.1 Å². The molecule has 1 aliphatic rings. The van der Waals surface area contributed by atoms with Gasteiger partial charge in [0.2, 0.25) is 10.0 Å². The maximum absolute atomic E-state index is 13.2. The number of hydrogen-bond donors (Lipinski definition) is 1. The summed E-state index contributed by atoms with van der Waals surface area (Å²) in [7, 11) is -0.278. The molecule has 0 aliphatic heterocycles. The van der Waals surface area contributed by atoms with Crippen LogP contribution in [0.5, 0.6) is 0 Å². The van der Waals surface area contributed by atoms with E-state index in [0.29, 0.717) is 75.4 Å². The van der Waals surface area contributed by atoms with Crippen LogP contribution < -0.4 is 21.1 Å². The van der Waals surface area contributed by atoms with Crippen molar-refractivity contribution in [1.82, 2.24) is 9.45 Å². The molecular formula is C30H48N4O8S. The molecular weight excluding hydrogens is 576 g/mol. The van der Waals surface area contributed by atoms with E-state index in [1.807, 2.05) is 6.07 Å². The molecule has 0 radical (unpaired) electrons. The van der Waals surface area contributed by atoms with Crippen LogP contribution in [0.3, 0.4) is 0 Å². The van der Waals surface area contributed by atoms with E-state index in [4.69, 9.17) is 19.0 Å². The highest BCUT2D eigenvalue weighted by Crippen LogP contribution is 2.26. The van der Waals surface area contributed by atoms with Gasteiger partial charge in [0, 0.05) is 26.9 Å². The van der Waals surface area contributed by atoms with E-state index in [2.05, 4.69) is 10.3 Å². The Morgan fingerprint density at radius 2 is 1.67 bits per heavy atom. The highest BCUT2D eigenvalue weighted by atomic mass is 32.2. The molecule has 0 unspecified atom stereocenters. The number of rotatable bonds is 23. The fraction of sp³-hybridized carbons (Fsp3) is 0.700. The summed E-state index contributed by atoms with van der Waals surface area (Å²) < 4.78 is 43.3. The molecule has 2 aromatic rings. The van der Waals surface area contributed by atoms with Gasteiger partial charge in [-0.2, -0.15) is 0 Å². The number of methoxy groups -OCH3 is 1. The normalized spacial score (nSPS) is 14.5. The van der Waals surface area contributed by atoms with E-state index in [1.165, 1.54) is 6.42 Å². The van der Waals surface area contributed by atoms with Crippen molar-refractivity contribution < 1.29 is 27.5 Å². The second-order valence-corrected chi connectivity index (χ2v) is 12.8. The number of ether oxygens (including phenoxy) is 3. The zero-order valence-corrected chi connectivity index (χ0v) is 26.4. The Hall–Kier alpha value is -2.42. The number of aromatic nitrogens is 1. The number of nitrogens with one attached hydrogen (secondary N) is 1. The summed E-state index contributed by atoms with van der Waals surface area (Å²) in [6, 6.07) is 3.58. The molecule has 12 nitrogen and oxygen atoms in total. The van der Waals surface area contributed by atoms with Gasteiger partial charge in [0.1, 0.15) is 11.4 Å². The predicted molar refractivity (Wildman–Crippen MR) is 167 cm³/mol. The summed E-state index contributed by atoms with van der Waals surface area (Å²) in [5, 5.41) is 3.09. The number of pyridine rings is 1. The van der Waals surface area contributed by atoms with Crippen LogP contribution >= 0.6 is 0 Å². The SMILES string of the molecule is COCCOCCOCCN(OCC1CCCCC1)S(=O)(=O)CCCCCCNc1c(N(C)c2cccnc2)c(=O)c1=O. The van der Waals surface area contributed by atoms with E-state index >= 15 is 0 Å². The largest absolute Gasteiger partial charge is 0.382 e. The van der Waals surface area contributed by atoms with Gasteiger partial charge in [-0.05, 0) is 43.7 Å². The monoisotopic (exact) mass is 624 g/mol. The summed E-state index contributed by atoms with van der Waals surface area (Å²) in [5.41, 5.74) is 0.325. The highest BCUT2D eigenvalue weighted by molar-refractivity contribution is 7.88. The van der Waals surface area contributed by atoms with Crippen LogP contribution in [0.1, 0.15) is 57.8 Å². The lowest BCUT2D eigenvalue weighted by Gasteiger charge is -2.26. The van der Waals surface area contributed by atoms with Crippen LogP contribution in [0, 0.1) is 5.92 Å². The third-order valence-corrected chi connectivity index (χ3v) is 9.31. The number of sulfonamides is 1. The summed E-state index contributed by atoms with van der Waals surface area (Å²) in [6.45, 7) is 3.05. The molecule has 1 fully saturated rings. The molecule has 0 spiro atoms. The molecule has 242 valence electrons. The van der Waals surface area contributed by atoms with Gasteiger partial charge in [-0.25, -0.2) is 8.42 Å². The maximum Gasteiger partial charge on any atom is 0.253 e. The lowest BCUT2D eigenvalue weighted by molar-refractivity contribution is -0.112. The highest BCUT2D eigenvalue weighted by Gasteiger charge is 2.26. The van der Waals surface area contributed by atoms with Crippen LogP contribution in [0.15, 0.2) is 34.1 Å². The van der Waals surface area contributed by atoms with Crippen LogP contribution in [0.2, 0.25) is 0 Å². The van der Waals surface area contributed by atoms with Gasteiger partial charge >= 0.3 is 0 Å². The molecule has 1 aromatic carbocycles. The van der Waals surface area contributed by atoms with Crippen molar-refractivity contribution in [2.24, 2.45) is 5.92 Å². The Kier molecular flexibility index (Phi) is 15.6. The second-order valence-electron chi connectivity index (χ2n) is 10.9. The lowest BCUT2D eigenvalue weighted by Crippen LogP contribution is -2.40. The second kappa shape index (κ2) is 19.1. The fourth-order valence-electron chi connectivity index (χ4n) is 5.05. The van der Waals surface area contributed by atoms with Crippen molar-refractivity contribution in [1.29, 1.82) is 0 Å². The minimum atomic E-state index is -3.62. The van der Waals surface area contributed by atoms with Crippen LogP contribution in [-0.2, 0) is 29.1 Å².